The van der Waals surface area contributed by atoms with Gasteiger partial charge in [0.1, 0.15) is 0 Å². The summed E-state index contributed by atoms with van der Waals surface area (Å²) >= 11 is 0. The van der Waals surface area contributed by atoms with Gasteiger partial charge in [0.15, 0.2) is 0 Å². The van der Waals surface area contributed by atoms with E-state index in [-0.39, 0.29) is 0 Å². The molecule has 0 saturated heterocycles. The van der Waals surface area contributed by atoms with Crippen LogP contribution in [0, 0.1) is 0 Å². The molecular weight excluding hydrogens is 218 g/mol. The van der Waals surface area contributed by atoms with Crippen molar-refractivity contribution in [1.82, 2.24) is 0 Å². The maximum atomic E-state index is 5.66. The second-order valence-electron chi connectivity index (χ2n) is 3.85. The van der Waals surface area contributed by atoms with Crippen molar-refractivity contribution >= 4 is 15.0 Å². The summed E-state index contributed by atoms with van der Waals surface area (Å²) < 4.78 is 11.3. The van der Waals surface area contributed by atoms with Crippen LogP contribution in [0.4, 0.5) is 0 Å². The summed E-state index contributed by atoms with van der Waals surface area (Å²) in [6, 6.07) is 0. The predicted octanol–water partition coefficient (Wildman–Crippen LogP) is 3.20. The van der Waals surface area contributed by atoms with Crippen molar-refractivity contribution in [2.24, 2.45) is 4.99 Å². The second kappa shape index (κ2) is 9.99. The van der Waals surface area contributed by atoms with E-state index in [1.807, 2.05) is 13.8 Å². The molecule has 0 aromatic heterocycles. The molecule has 0 rings (SSSR count). The monoisotopic (exact) mass is 244 g/mol. The van der Waals surface area contributed by atoms with Gasteiger partial charge >= 0.3 is 9.28 Å². The molecule has 0 amide bonds. The van der Waals surface area contributed by atoms with Gasteiger partial charge in [0.05, 0.1) is 0 Å². The molecule has 0 aliphatic heterocycles. The van der Waals surface area contributed by atoms with Gasteiger partial charge < -0.3 is 8.85 Å². The molecule has 4 heteroatoms. The highest BCUT2D eigenvalue weighted by atomic mass is 28.3. The van der Waals surface area contributed by atoms with E-state index in [1.165, 1.54) is 5.71 Å². The summed E-state index contributed by atoms with van der Waals surface area (Å²) in [4.78, 5) is 4.51. The van der Waals surface area contributed by atoms with Gasteiger partial charge in [0.2, 0.25) is 0 Å². The maximum absolute atomic E-state index is 5.66. The lowest BCUT2D eigenvalue weighted by Gasteiger charge is -2.19. The van der Waals surface area contributed by atoms with Crippen LogP contribution in [0.5, 0.6) is 0 Å². The zero-order chi connectivity index (χ0) is 12.4. The number of hydrogen-bond acceptors (Lipinski definition) is 3. The minimum Gasteiger partial charge on any atom is -0.393 e. The molecule has 0 heterocycles. The third-order valence-electron chi connectivity index (χ3n) is 2.43. The van der Waals surface area contributed by atoms with Crippen molar-refractivity contribution in [3.8, 4) is 0 Å². The third kappa shape index (κ3) is 7.14. The standard InChI is InChI=1S/C12H26NO2Si/c1-6-11(4)13-10-9-12(5)16(14-7-2)15-8-3/h12H,6-10H2,1-5H3. The molecule has 1 atom stereocenters. The SMILES string of the molecule is CCO[Si](OCC)C(C)CCN=C(C)CC. The first-order valence-electron chi connectivity index (χ1n) is 6.27. The van der Waals surface area contributed by atoms with Crippen LogP contribution in [-0.4, -0.2) is 34.8 Å². The quantitative estimate of drug-likeness (QED) is 0.460. The average Bonchev–Trinajstić information content (AvgIpc) is 2.28. The van der Waals surface area contributed by atoms with Crippen LogP contribution in [-0.2, 0) is 8.85 Å². The Morgan fingerprint density at radius 1 is 1.19 bits per heavy atom. The fraction of sp³-hybridized carbons (Fsp3) is 0.917. The van der Waals surface area contributed by atoms with E-state index in [1.54, 1.807) is 0 Å². The lowest BCUT2D eigenvalue weighted by atomic mass is 10.3. The van der Waals surface area contributed by atoms with E-state index >= 15 is 0 Å². The fourth-order valence-corrected chi connectivity index (χ4v) is 2.88. The van der Waals surface area contributed by atoms with Crippen LogP contribution >= 0.6 is 0 Å². The van der Waals surface area contributed by atoms with Crippen molar-refractivity contribution in [3.63, 3.8) is 0 Å². The number of aliphatic imine (C=N–C) groups is 1. The van der Waals surface area contributed by atoms with E-state index in [2.05, 4.69) is 25.8 Å². The second-order valence-corrected chi connectivity index (χ2v) is 6.05. The smallest absolute Gasteiger partial charge is 0.387 e. The fourth-order valence-electron chi connectivity index (χ4n) is 1.29. The van der Waals surface area contributed by atoms with E-state index in [9.17, 15) is 0 Å². The average molecular weight is 244 g/mol. The Morgan fingerprint density at radius 3 is 2.19 bits per heavy atom. The Morgan fingerprint density at radius 2 is 1.75 bits per heavy atom. The van der Waals surface area contributed by atoms with E-state index in [0.717, 1.165) is 32.6 Å². The molecule has 1 radical (unpaired) electrons. The van der Waals surface area contributed by atoms with Crippen LogP contribution < -0.4 is 0 Å². The largest absolute Gasteiger partial charge is 0.393 e. The maximum Gasteiger partial charge on any atom is 0.387 e. The summed E-state index contributed by atoms with van der Waals surface area (Å²) in [7, 11) is -1.10. The Hall–Kier alpha value is -0.193. The van der Waals surface area contributed by atoms with Gasteiger partial charge in [0.25, 0.3) is 0 Å². The molecule has 0 spiro atoms. The molecule has 0 aromatic rings. The molecule has 16 heavy (non-hydrogen) atoms. The van der Waals surface area contributed by atoms with Crippen molar-refractivity contribution < 1.29 is 8.85 Å². The number of nitrogens with zero attached hydrogens (tertiary/aromatic N) is 1. The molecular formula is C12H26NO2Si. The van der Waals surface area contributed by atoms with Crippen LogP contribution in [0.3, 0.4) is 0 Å². The number of hydrogen-bond donors (Lipinski definition) is 0. The van der Waals surface area contributed by atoms with Crippen molar-refractivity contribution in [1.29, 1.82) is 0 Å². The molecule has 0 aromatic carbocycles. The summed E-state index contributed by atoms with van der Waals surface area (Å²) in [6.07, 6.45) is 2.11. The molecule has 0 saturated carbocycles. The van der Waals surface area contributed by atoms with E-state index < -0.39 is 9.28 Å². The van der Waals surface area contributed by atoms with Gasteiger partial charge in [-0.15, -0.1) is 0 Å². The highest BCUT2D eigenvalue weighted by Gasteiger charge is 2.23. The highest BCUT2D eigenvalue weighted by Crippen LogP contribution is 2.16. The Labute approximate surface area is 102 Å². The zero-order valence-corrected chi connectivity index (χ0v) is 12.4. The number of rotatable bonds is 9. The third-order valence-corrected chi connectivity index (χ3v) is 4.67. The minimum absolute atomic E-state index is 0.498. The molecule has 0 fully saturated rings. The zero-order valence-electron chi connectivity index (χ0n) is 11.4. The summed E-state index contributed by atoms with van der Waals surface area (Å²) in [5.41, 5.74) is 1.73. The first-order valence-corrected chi connectivity index (χ1v) is 7.67. The Balaban J connectivity index is 3.94. The summed E-state index contributed by atoms with van der Waals surface area (Å²) in [5, 5.41) is 0. The van der Waals surface area contributed by atoms with Gasteiger partial charge in [0, 0.05) is 31.0 Å². The van der Waals surface area contributed by atoms with Gasteiger partial charge in [-0.25, -0.2) is 0 Å². The van der Waals surface area contributed by atoms with Crippen molar-refractivity contribution in [2.75, 3.05) is 19.8 Å². The molecule has 0 aliphatic rings. The van der Waals surface area contributed by atoms with Gasteiger partial charge in [-0.05, 0) is 33.6 Å². The van der Waals surface area contributed by atoms with E-state index in [0.29, 0.717) is 5.54 Å². The highest BCUT2D eigenvalue weighted by molar-refractivity contribution is 6.46. The first-order chi connectivity index (χ1) is 7.65. The topological polar surface area (TPSA) is 30.8 Å². The van der Waals surface area contributed by atoms with Crippen LogP contribution in [0.25, 0.3) is 0 Å². The summed E-state index contributed by atoms with van der Waals surface area (Å²) in [5.74, 6) is 0. The van der Waals surface area contributed by atoms with Crippen molar-refractivity contribution in [3.05, 3.63) is 0 Å². The van der Waals surface area contributed by atoms with Crippen LogP contribution in [0.15, 0.2) is 4.99 Å². The predicted molar refractivity (Wildman–Crippen MR) is 71.3 cm³/mol. The normalized spacial score (nSPS) is 14.5. The lowest BCUT2D eigenvalue weighted by molar-refractivity contribution is 0.204. The molecule has 3 nitrogen and oxygen atoms in total. The Kier molecular flexibility index (Phi) is 9.87. The Bertz CT molecular complexity index is 191. The van der Waals surface area contributed by atoms with Crippen LogP contribution in [0.1, 0.15) is 47.5 Å². The van der Waals surface area contributed by atoms with Gasteiger partial charge in [-0.1, -0.05) is 13.8 Å². The lowest BCUT2D eigenvalue weighted by Crippen LogP contribution is -2.28. The van der Waals surface area contributed by atoms with E-state index in [4.69, 9.17) is 8.85 Å². The van der Waals surface area contributed by atoms with Crippen LogP contribution in [0.2, 0.25) is 5.54 Å². The summed E-state index contributed by atoms with van der Waals surface area (Å²) in [6.45, 7) is 12.9. The minimum atomic E-state index is -1.10. The molecule has 0 bridgehead atoms. The van der Waals surface area contributed by atoms with Gasteiger partial charge in [-0.3, -0.25) is 4.99 Å². The molecule has 95 valence electrons. The molecule has 0 N–H and O–H groups in total. The molecule has 1 unspecified atom stereocenters. The van der Waals surface area contributed by atoms with Crippen molar-refractivity contribution in [2.45, 2.75) is 53.0 Å². The molecule has 0 aliphatic carbocycles. The first kappa shape index (κ1) is 15.8. The van der Waals surface area contributed by atoms with Gasteiger partial charge in [-0.2, -0.15) is 0 Å².